The summed E-state index contributed by atoms with van der Waals surface area (Å²) in [6, 6.07) is 4.96. The largest absolute Gasteiger partial charge is 0.398 e. The molecule has 0 bridgehead atoms. The molecule has 0 unspecified atom stereocenters. The molecule has 0 atom stereocenters. The molecular weight excluding hydrogens is 279 g/mol. The van der Waals surface area contributed by atoms with Gasteiger partial charge in [-0.05, 0) is 34.1 Å². The van der Waals surface area contributed by atoms with E-state index in [2.05, 4.69) is 27.8 Å². The van der Waals surface area contributed by atoms with Crippen LogP contribution in [0.5, 0.6) is 0 Å². The highest BCUT2D eigenvalue weighted by Gasteiger charge is 2.06. The minimum atomic E-state index is -0.211. The van der Waals surface area contributed by atoms with Crippen molar-refractivity contribution < 1.29 is 4.79 Å². The van der Waals surface area contributed by atoms with E-state index in [0.717, 1.165) is 0 Å². The fourth-order valence-electron chi connectivity index (χ4n) is 0.947. The van der Waals surface area contributed by atoms with Crippen molar-refractivity contribution in [2.75, 3.05) is 12.3 Å². The summed E-state index contributed by atoms with van der Waals surface area (Å²) < 4.78 is 0.694. The van der Waals surface area contributed by atoms with Crippen LogP contribution in [-0.2, 0) is 0 Å². The minimum Gasteiger partial charge on any atom is -0.398 e. The first-order valence-electron chi connectivity index (χ1n) is 4.17. The van der Waals surface area contributed by atoms with E-state index in [-0.39, 0.29) is 12.5 Å². The molecule has 0 saturated heterocycles. The van der Waals surface area contributed by atoms with E-state index in [1.165, 1.54) is 0 Å². The first-order valence-corrected chi connectivity index (χ1v) is 5.34. The number of hydrogen-bond donors (Lipinski definition) is 2. The average molecular weight is 290 g/mol. The molecule has 1 aromatic rings. The molecule has 3 nitrogen and oxygen atoms in total. The van der Waals surface area contributed by atoms with Crippen LogP contribution >= 0.6 is 27.5 Å². The van der Waals surface area contributed by atoms with Crippen LogP contribution in [0.25, 0.3) is 0 Å². The minimum absolute atomic E-state index is 0.211. The van der Waals surface area contributed by atoms with E-state index in [4.69, 9.17) is 17.3 Å². The van der Waals surface area contributed by atoms with Gasteiger partial charge < -0.3 is 11.1 Å². The number of carbonyl (C=O) groups excluding carboxylic acids is 1. The summed E-state index contributed by atoms with van der Waals surface area (Å²) in [5, 5.41) is 3.00. The molecule has 1 amide bonds. The van der Waals surface area contributed by atoms with Gasteiger partial charge in [-0.3, -0.25) is 4.79 Å². The van der Waals surface area contributed by atoms with Gasteiger partial charge >= 0.3 is 0 Å². The number of hydrogen-bond acceptors (Lipinski definition) is 2. The fraction of sp³-hybridized carbons (Fsp3) is 0.100. The Hall–Kier alpha value is -1.00. The van der Waals surface area contributed by atoms with Crippen LogP contribution < -0.4 is 11.1 Å². The molecule has 0 fully saturated rings. The zero-order chi connectivity index (χ0) is 11.4. The van der Waals surface area contributed by atoms with Crippen LogP contribution in [0.2, 0.25) is 0 Å². The van der Waals surface area contributed by atoms with Crippen molar-refractivity contribution in [3.63, 3.8) is 0 Å². The molecule has 5 heteroatoms. The fourth-order valence-corrected chi connectivity index (χ4v) is 1.39. The van der Waals surface area contributed by atoms with Crippen LogP contribution in [0, 0.1) is 0 Å². The van der Waals surface area contributed by atoms with E-state index in [0.29, 0.717) is 20.8 Å². The highest BCUT2D eigenvalue weighted by molar-refractivity contribution is 9.10. The van der Waals surface area contributed by atoms with Crippen LogP contribution in [0.15, 0.2) is 34.3 Å². The predicted octanol–water partition coefficient (Wildman–Crippen LogP) is 2.51. The number of nitrogens with one attached hydrogen (secondary N) is 1. The number of carbonyl (C=O) groups is 1. The first-order chi connectivity index (χ1) is 7.00. The van der Waals surface area contributed by atoms with E-state index >= 15 is 0 Å². The van der Waals surface area contributed by atoms with E-state index in [9.17, 15) is 4.79 Å². The van der Waals surface area contributed by atoms with Gasteiger partial charge in [-0.15, -0.1) is 0 Å². The van der Waals surface area contributed by atoms with Gasteiger partial charge in [0.1, 0.15) is 0 Å². The Balaban J connectivity index is 2.74. The number of nitrogen functional groups attached to an aromatic ring is 1. The van der Waals surface area contributed by atoms with Gasteiger partial charge in [0.15, 0.2) is 0 Å². The van der Waals surface area contributed by atoms with Gasteiger partial charge in [-0.25, -0.2) is 0 Å². The van der Waals surface area contributed by atoms with Crippen LogP contribution in [-0.4, -0.2) is 12.5 Å². The summed E-state index contributed by atoms with van der Waals surface area (Å²) in [6.45, 7) is 3.73. The van der Waals surface area contributed by atoms with Gasteiger partial charge in [-0.1, -0.05) is 18.2 Å². The maximum absolute atomic E-state index is 11.5. The molecule has 0 aliphatic rings. The Labute approximate surface area is 101 Å². The third-order valence-corrected chi connectivity index (χ3v) is 2.52. The Morgan fingerprint density at radius 3 is 2.80 bits per heavy atom. The standard InChI is InChI=1S/C10H10BrClN2O/c1-6(12)5-14-10(15)7-2-3-9(13)8(11)4-7/h2-4H,1,5,13H2,(H,14,15). The van der Waals surface area contributed by atoms with Crippen molar-refractivity contribution in [2.24, 2.45) is 0 Å². The molecule has 1 aromatic carbocycles. The lowest BCUT2D eigenvalue weighted by Crippen LogP contribution is -2.24. The number of amides is 1. The topological polar surface area (TPSA) is 55.1 Å². The van der Waals surface area contributed by atoms with Crippen molar-refractivity contribution in [1.29, 1.82) is 0 Å². The molecule has 0 spiro atoms. The highest BCUT2D eigenvalue weighted by atomic mass is 79.9. The third-order valence-electron chi connectivity index (χ3n) is 1.70. The van der Waals surface area contributed by atoms with Gasteiger partial charge in [0, 0.05) is 20.8 Å². The lowest BCUT2D eigenvalue weighted by molar-refractivity contribution is 0.0957. The van der Waals surface area contributed by atoms with Gasteiger partial charge in [-0.2, -0.15) is 0 Å². The Morgan fingerprint density at radius 2 is 2.27 bits per heavy atom. The lowest BCUT2D eigenvalue weighted by Gasteiger charge is -2.05. The van der Waals surface area contributed by atoms with Crippen molar-refractivity contribution in [3.8, 4) is 0 Å². The first kappa shape index (κ1) is 12.1. The molecule has 0 aromatic heterocycles. The van der Waals surface area contributed by atoms with E-state index < -0.39 is 0 Å². The predicted molar refractivity (Wildman–Crippen MR) is 65.9 cm³/mol. The Kier molecular flexibility index (Phi) is 4.17. The maximum Gasteiger partial charge on any atom is 0.251 e. The third kappa shape index (κ3) is 3.57. The van der Waals surface area contributed by atoms with E-state index in [1.807, 2.05) is 0 Å². The summed E-state index contributed by atoms with van der Waals surface area (Å²) in [5.41, 5.74) is 6.71. The van der Waals surface area contributed by atoms with Crippen molar-refractivity contribution >= 4 is 39.1 Å². The Morgan fingerprint density at radius 1 is 1.60 bits per heavy atom. The average Bonchev–Trinajstić information content (AvgIpc) is 2.18. The van der Waals surface area contributed by atoms with Gasteiger partial charge in [0.05, 0.1) is 6.54 Å². The number of benzene rings is 1. The van der Waals surface area contributed by atoms with Gasteiger partial charge in [0.2, 0.25) is 0 Å². The molecule has 0 aliphatic carbocycles. The zero-order valence-corrected chi connectivity index (χ0v) is 10.2. The highest BCUT2D eigenvalue weighted by Crippen LogP contribution is 2.20. The number of anilines is 1. The second-order valence-corrected chi connectivity index (χ2v) is 4.33. The van der Waals surface area contributed by atoms with Crippen LogP contribution in [0.1, 0.15) is 10.4 Å². The summed E-state index contributed by atoms with van der Waals surface area (Å²) in [6.07, 6.45) is 0. The van der Waals surface area contributed by atoms with Crippen molar-refractivity contribution in [3.05, 3.63) is 39.8 Å². The molecule has 3 N–H and O–H groups in total. The quantitative estimate of drug-likeness (QED) is 0.840. The molecule has 0 radical (unpaired) electrons. The molecule has 0 saturated carbocycles. The molecule has 80 valence electrons. The normalized spacial score (nSPS) is 9.73. The number of halogens is 2. The smallest absolute Gasteiger partial charge is 0.251 e. The molecule has 0 heterocycles. The monoisotopic (exact) mass is 288 g/mol. The number of rotatable bonds is 3. The number of nitrogens with two attached hydrogens (primary N) is 1. The second-order valence-electron chi connectivity index (χ2n) is 2.94. The van der Waals surface area contributed by atoms with Gasteiger partial charge in [0.25, 0.3) is 5.91 Å². The summed E-state index contributed by atoms with van der Waals surface area (Å²) in [4.78, 5) is 11.5. The second kappa shape index (κ2) is 5.19. The maximum atomic E-state index is 11.5. The lowest BCUT2D eigenvalue weighted by atomic mass is 10.2. The van der Waals surface area contributed by atoms with E-state index in [1.54, 1.807) is 18.2 Å². The Bertz CT molecular complexity index is 406. The summed E-state index contributed by atoms with van der Waals surface area (Å²) in [7, 11) is 0. The molecule has 0 aliphatic heterocycles. The molecular formula is C10H10BrClN2O. The summed E-state index contributed by atoms with van der Waals surface area (Å²) in [5.74, 6) is -0.211. The molecule has 1 rings (SSSR count). The summed E-state index contributed by atoms with van der Waals surface area (Å²) >= 11 is 8.77. The van der Waals surface area contributed by atoms with Crippen molar-refractivity contribution in [1.82, 2.24) is 5.32 Å². The zero-order valence-electron chi connectivity index (χ0n) is 7.89. The van der Waals surface area contributed by atoms with Crippen LogP contribution in [0.4, 0.5) is 5.69 Å². The molecule has 15 heavy (non-hydrogen) atoms. The van der Waals surface area contributed by atoms with Crippen molar-refractivity contribution in [2.45, 2.75) is 0 Å². The van der Waals surface area contributed by atoms with Crippen LogP contribution in [0.3, 0.4) is 0 Å². The SMILES string of the molecule is C=C(Cl)CNC(=O)c1ccc(N)c(Br)c1.